The highest BCUT2D eigenvalue weighted by atomic mass is 35.5. The summed E-state index contributed by atoms with van der Waals surface area (Å²) in [5.74, 6) is -0.516. The predicted molar refractivity (Wildman–Crippen MR) is 107 cm³/mol. The second-order valence-electron chi connectivity index (χ2n) is 6.33. The minimum absolute atomic E-state index is 0.349. The Labute approximate surface area is 165 Å². The summed E-state index contributed by atoms with van der Waals surface area (Å²) in [7, 11) is 0. The van der Waals surface area contributed by atoms with Crippen molar-refractivity contribution >= 4 is 23.5 Å². The van der Waals surface area contributed by atoms with Gasteiger partial charge in [-0.15, -0.1) is 0 Å². The standard InChI is InChI=1S/C22H25ClO4/c1-2-3-4-5-6-7-15-26-21(24)17-11-13-18(14-12-17)22(25)27-20-10-8-9-19(23)16-20/h8-14,16H,2-7,15H2,1H3. The number of carbonyl (C=O) groups excluding carboxylic acids is 2. The van der Waals surface area contributed by atoms with E-state index in [1.807, 2.05) is 0 Å². The molecule has 2 rings (SSSR count). The Morgan fingerprint density at radius 3 is 2.15 bits per heavy atom. The summed E-state index contributed by atoms with van der Waals surface area (Å²) in [5.41, 5.74) is 0.766. The molecule has 0 saturated heterocycles. The van der Waals surface area contributed by atoms with Crippen LogP contribution in [-0.4, -0.2) is 18.5 Å². The third-order valence-corrected chi connectivity index (χ3v) is 4.33. The molecule has 144 valence electrons. The lowest BCUT2D eigenvalue weighted by Crippen LogP contribution is -2.10. The summed E-state index contributed by atoms with van der Waals surface area (Å²) in [6.07, 6.45) is 6.83. The van der Waals surface area contributed by atoms with Gasteiger partial charge in [-0.1, -0.05) is 56.7 Å². The largest absolute Gasteiger partial charge is 0.462 e. The summed E-state index contributed by atoms with van der Waals surface area (Å²) in [4.78, 5) is 24.2. The topological polar surface area (TPSA) is 52.6 Å². The van der Waals surface area contributed by atoms with Crippen molar-refractivity contribution in [2.24, 2.45) is 0 Å². The van der Waals surface area contributed by atoms with Crippen molar-refractivity contribution in [3.63, 3.8) is 0 Å². The number of hydrogen-bond donors (Lipinski definition) is 0. The fraction of sp³-hybridized carbons (Fsp3) is 0.364. The van der Waals surface area contributed by atoms with Gasteiger partial charge in [0.15, 0.2) is 0 Å². The van der Waals surface area contributed by atoms with Crippen LogP contribution in [0.2, 0.25) is 5.02 Å². The third kappa shape index (κ3) is 7.43. The second kappa shape index (κ2) is 11.4. The van der Waals surface area contributed by atoms with Crippen LogP contribution >= 0.6 is 11.6 Å². The molecule has 0 aliphatic carbocycles. The monoisotopic (exact) mass is 388 g/mol. The van der Waals surface area contributed by atoms with Gasteiger partial charge in [-0.3, -0.25) is 0 Å². The van der Waals surface area contributed by atoms with Crippen LogP contribution in [-0.2, 0) is 4.74 Å². The number of carbonyl (C=O) groups is 2. The fourth-order valence-corrected chi connectivity index (χ4v) is 2.75. The molecule has 0 heterocycles. The van der Waals surface area contributed by atoms with Gasteiger partial charge in [0.2, 0.25) is 0 Å². The smallest absolute Gasteiger partial charge is 0.343 e. The Balaban J connectivity index is 1.78. The maximum atomic E-state index is 12.1. The average molecular weight is 389 g/mol. The van der Waals surface area contributed by atoms with Crippen molar-refractivity contribution in [3.05, 3.63) is 64.7 Å². The van der Waals surface area contributed by atoms with Crippen molar-refractivity contribution in [1.29, 1.82) is 0 Å². The Morgan fingerprint density at radius 2 is 1.48 bits per heavy atom. The lowest BCUT2D eigenvalue weighted by molar-refractivity contribution is 0.0497. The highest BCUT2D eigenvalue weighted by Gasteiger charge is 2.12. The molecule has 4 nitrogen and oxygen atoms in total. The molecule has 0 amide bonds. The van der Waals surface area contributed by atoms with E-state index in [2.05, 4.69) is 6.92 Å². The zero-order chi connectivity index (χ0) is 19.5. The van der Waals surface area contributed by atoms with E-state index < -0.39 is 5.97 Å². The Morgan fingerprint density at radius 1 is 0.852 bits per heavy atom. The van der Waals surface area contributed by atoms with Crippen LogP contribution in [0.1, 0.15) is 66.2 Å². The molecule has 0 aromatic heterocycles. The van der Waals surface area contributed by atoms with Crippen LogP contribution in [0.15, 0.2) is 48.5 Å². The zero-order valence-corrected chi connectivity index (χ0v) is 16.3. The first-order valence-electron chi connectivity index (χ1n) is 9.35. The average Bonchev–Trinajstić information content (AvgIpc) is 2.67. The molecule has 2 aromatic carbocycles. The van der Waals surface area contributed by atoms with Gasteiger partial charge in [-0.05, 0) is 48.9 Å². The maximum absolute atomic E-state index is 12.1. The predicted octanol–water partition coefficient (Wildman–Crippen LogP) is 6.08. The molecule has 0 bridgehead atoms. The normalized spacial score (nSPS) is 10.4. The summed E-state index contributed by atoms with van der Waals surface area (Å²) < 4.78 is 10.5. The lowest BCUT2D eigenvalue weighted by atomic mass is 10.1. The molecule has 0 atom stereocenters. The van der Waals surface area contributed by atoms with Gasteiger partial charge in [0.25, 0.3) is 0 Å². The van der Waals surface area contributed by atoms with Crippen LogP contribution in [0.25, 0.3) is 0 Å². The number of esters is 2. The van der Waals surface area contributed by atoms with Gasteiger partial charge in [0.1, 0.15) is 5.75 Å². The van der Waals surface area contributed by atoms with E-state index in [0.717, 1.165) is 12.8 Å². The van der Waals surface area contributed by atoms with Crippen LogP contribution in [0.3, 0.4) is 0 Å². The molecular formula is C22H25ClO4. The molecule has 0 radical (unpaired) electrons. The zero-order valence-electron chi connectivity index (χ0n) is 15.6. The molecule has 0 fully saturated rings. The maximum Gasteiger partial charge on any atom is 0.343 e. The van der Waals surface area contributed by atoms with Gasteiger partial charge < -0.3 is 9.47 Å². The first-order chi connectivity index (χ1) is 13.1. The molecule has 0 aliphatic heterocycles. The molecule has 5 heteroatoms. The first-order valence-corrected chi connectivity index (χ1v) is 9.73. The number of hydrogen-bond acceptors (Lipinski definition) is 4. The molecular weight excluding hydrogens is 364 g/mol. The molecule has 0 N–H and O–H groups in total. The van der Waals surface area contributed by atoms with Crippen LogP contribution in [0, 0.1) is 0 Å². The van der Waals surface area contributed by atoms with E-state index >= 15 is 0 Å². The SMILES string of the molecule is CCCCCCCCOC(=O)c1ccc(C(=O)Oc2cccc(Cl)c2)cc1. The molecule has 0 spiro atoms. The summed E-state index contributed by atoms with van der Waals surface area (Å²) in [5, 5.41) is 0.490. The van der Waals surface area contributed by atoms with Crippen LogP contribution < -0.4 is 4.74 Å². The Bertz CT molecular complexity index is 740. The van der Waals surface area contributed by atoms with E-state index in [1.54, 1.807) is 48.5 Å². The van der Waals surface area contributed by atoms with Crippen LogP contribution in [0.4, 0.5) is 0 Å². The lowest BCUT2D eigenvalue weighted by Gasteiger charge is -2.07. The number of halogens is 1. The minimum Gasteiger partial charge on any atom is -0.462 e. The fourth-order valence-electron chi connectivity index (χ4n) is 2.57. The van der Waals surface area contributed by atoms with Gasteiger partial charge >= 0.3 is 11.9 Å². The van der Waals surface area contributed by atoms with Crippen molar-refractivity contribution < 1.29 is 19.1 Å². The highest BCUT2D eigenvalue weighted by molar-refractivity contribution is 6.30. The Kier molecular flexibility index (Phi) is 8.85. The van der Waals surface area contributed by atoms with Crippen molar-refractivity contribution in [2.45, 2.75) is 45.4 Å². The molecule has 0 saturated carbocycles. The van der Waals surface area contributed by atoms with Gasteiger partial charge in [0, 0.05) is 5.02 Å². The van der Waals surface area contributed by atoms with E-state index in [0.29, 0.717) is 28.5 Å². The number of benzene rings is 2. The van der Waals surface area contributed by atoms with E-state index in [1.165, 1.54) is 25.7 Å². The molecule has 2 aromatic rings. The van der Waals surface area contributed by atoms with E-state index in [9.17, 15) is 9.59 Å². The molecule has 0 unspecified atom stereocenters. The Hall–Kier alpha value is -2.33. The van der Waals surface area contributed by atoms with Crippen molar-refractivity contribution in [1.82, 2.24) is 0 Å². The van der Waals surface area contributed by atoms with Gasteiger partial charge in [0.05, 0.1) is 17.7 Å². The third-order valence-electron chi connectivity index (χ3n) is 4.09. The first kappa shape index (κ1) is 21.0. The van der Waals surface area contributed by atoms with Crippen LogP contribution in [0.5, 0.6) is 5.75 Å². The molecule has 27 heavy (non-hydrogen) atoms. The summed E-state index contributed by atoms with van der Waals surface area (Å²) >= 11 is 5.87. The minimum atomic E-state index is -0.510. The van der Waals surface area contributed by atoms with Gasteiger partial charge in [-0.25, -0.2) is 9.59 Å². The molecule has 0 aliphatic rings. The number of ether oxygens (including phenoxy) is 2. The van der Waals surface area contributed by atoms with Gasteiger partial charge in [-0.2, -0.15) is 0 Å². The second-order valence-corrected chi connectivity index (χ2v) is 6.76. The van der Waals surface area contributed by atoms with Crippen molar-refractivity contribution in [3.8, 4) is 5.75 Å². The summed E-state index contributed by atoms with van der Waals surface area (Å²) in [6.45, 7) is 2.60. The van der Waals surface area contributed by atoms with Crippen molar-refractivity contribution in [2.75, 3.05) is 6.61 Å². The summed E-state index contributed by atoms with van der Waals surface area (Å²) in [6, 6.07) is 12.8. The number of rotatable bonds is 10. The highest BCUT2D eigenvalue weighted by Crippen LogP contribution is 2.18. The van der Waals surface area contributed by atoms with E-state index in [4.69, 9.17) is 21.1 Å². The number of unbranched alkanes of at least 4 members (excludes halogenated alkanes) is 5. The quantitative estimate of drug-likeness (QED) is 0.281. The van der Waals surface area contributed by atoms with E-state index in [-0.39, 0.29) is 5.97 Å².